The lowest BCUT2D eigenvalue weighted by atomic mass is 10.1. The van der Waals surface area contributed by atoms with Crippen LogP contribution in [0.25, 0.3) is 16.6 Å². The van der Waals surface area contributed by atoms with E-state index < -0.39 is 0 Å². The number of rotatable bonds is 5. The summed E-state index contributed by atoms with van der Waals surface area (Å²) in [5.41, 5.74) is 3.05. The van der Waals surface area contributed by atoms with Crippen molar-refractivity contribution >= 4 is 28.2 Å². The maximum atomic E-state index is 13.3. The Bertz CT molecular complexity index is 882. The molecule has 3 aromatic rings. The second-order valence-electron chi connectivity index (χ2n) is 6.88. The first-order chi connectivity index (χ1) is 12.7. The van der Waals surface area contributed by atoms with Gasteiger partial charge in [0.1, 0.15) is 5.82 Å². The summed E-state index contributed by atoms with van der Waals surface area (Å²) in [5.74, 6) is -0.229. The van der Waals surface area contributed by atoms with Gasteiger partial charge in [-0.05, 0) is 68.4 Å². The van der Waals surface area contributed by atoms with Gasteiger partial charge in [0.15, 0.2) is 0 Å². The van der Waals surface area contributed by atoms with Gasteiger partial charge in [-0.15, -0.1) is 0 Å². The third-order valence-corrected chi connectivity index (χ3v) is 5.30. The van der Waals surface area contributed by atoms with Gasteiger partial charge in [0, 0.05) is 35.4 Å². The smallest absolute Gasteiger partial charge is 0.123 e. The highest BCUT2D eigenvalue weighted by Crippen LogP contribution is 2.31. The van der Waals surface area contributed by atoms with Gasteiger partial charge in [-0.1, -0.05) is 18.0 Å². The van der Waals surface area contributed by atoms with E-state index in [4.69, 9.17) is 11.6 Å². The Morgan fingerprint density at radius 3 is 2.54 bits per heavy atom. The average molecular weight is 372 g/mol. The molecule has 1 aromatic heterocycles. The van der Waals surface area contributed by atoms with E-state index in [1.165, 1.54) is 44.5 Å². The summed E-state index contributed by atoms with van der Waals surface area (Å²) in [6, 6.07) is 12.4. The molecule has 1 aliphatic rings. The quantitative estimate of drug-likeness (QED) is 0.654. The first kappa shape index (κ1) is 17.4. The molecule has 1 saturated heterocycles. The van der Waals surface area contributed by atoms with Crippen molar-refractivity contribution in [1.29, 1.82) is 0 Å². The van der Waals surface area contributed by atoms with Crippen molar-refractivity contribution in [2.24, 2.45) is 0 Å². The van der Waals surface area contributed by atoms with Crippen LogP contribution in [-0.4, -0.2) is 35.6 Å². The van der Waals surface area contributed by atoms with Crippen LogP contribution in [0, 0.1) is 5.82 Å². The first-order valence-corrected chi connectivity index (χ1v) is 9.61. The highest BCUT2D eigenvalue weighted by atomic mass is 35.5. The van der Waals surface area contributed by atoms with Gasteiger partial charge in [0.05, 0.1) is 11.2 Å². The van der Waals surface area contributed by atoms with Crippen molar-refractivity contribution in [2.75, 3.05) is 31.5 Å². The molecule has 1 aliphatic heterocycles. The van der Waals surface area contributed by atoms with E-state index in [1.807, 2.05) is 18.2 Å². The number of halogens is 2. The Balaban J connectivity index is 1.59. The van der Waals surface area contributed by atoms with Crippen LogP contribution >= 0.6 is 11.6 Å². The zero-order valence-corrected chi connectivity index (χ0v) is 15.5. The summed E-state index contributed by atoms with van der Waals surface area (Å²) >= 11 is 6.23. The fourth-order valence-electron chi connectivity index (χ4n) is 3.69. The highest BCUT2D eigenvalue weighted by Gasteiger charge is 2.12. The van der Waals surface area contributed by atoms with Crippen molar-refractivity contribution in [3.63, 3.8) is 0 Å². The molecule has 4 rings (SSSR count). The van der Waals surface area contributed by atoms with Gasteiger partial charge in [-0.3, -0.25) is 0 Å². The monoisotopic (exact) mass is 371 g/mol. The van der Waals surface area contributed by atoms with Crippen LogP contribution in [0.5, 0.6) is 0 Å². The zero-order valence-electron chi connectivity index (χ0n) is 14.7. The number of nitrogens with one attached hydrogen (secondary N) is 1. The fraction of sp³-hybridized carbons (Fsp3) is 0.333. The van der Waals surface area contributed by atoms with Crippen LogP contribution in [0.3, 0.4) is 0 Å². The van der Waals surface area contributed by atoms with Crippen molar-refractivity contribution in [3.05, 3.63) is 59.5 Å². The molecule has 0 amide bonds. The highest BCUT2D eigenvalue weighted by molar-refractivity contribution is 6.31. The van der Waals surface area contributed by atoms with E-state index in [0.717, 1.165) is 35.4 Å². The number of hydrogen-bond acceptors (Lipinski definition) is 2. The molecular formula is C21H23ClFN3. The van der Waals surface area contributed by atoms with Crippen molar-refractivity contribution in [2.45, 2.75) is 19.3 Å². The van der Waals surface area contributed by atoms with Gasteiger partial charge in [0.25, 0.3) is 0 Å². The standard InChI is InChI=1S/C21H23ClFN3/c22-16-4-9-21-19(14-16)20(24-10-13-25-11-2-1-3-12-25)15-26(21)18-7-5-17(23)6-8-18/h4-9,14-15,24H,1-3,10-13H2. The zero-order chi connectivity index (χ0) is 17.9. The number of nitrogens with zero attached hydrogens (tertiary/aromatic N) is 2. The maximum absolute atomic E-state index is 13.3. The average Bonchev–Trinajstić information content (AvgIpc) is 3.01. The van der Waals surface area contributed by atoms with E-state index in [9.17, 15) is 4.39 Å². The molecule has 1 N–H and O–H groups in total. The second kappa shape index (κ2) is 7.68. The van der Waals surface area contributed by atoms with E-state index >= 15 is 0 Å². The molecule has 26 heavy (non-hydrogen) atoms. The van der Waals surface area contributed by atoms with Crippen LogP contribution in [0.15, 0.2) is 48.7 Å². The molecule has 136 valence electrons. The summed E-state index contributed by atoms with van der Waals surface area (Å²) in [7, 11) is 0. The Kier molecular flexibility index (Phi) is 5.14. The normalized spacial score (nSPS) is 15.5. The molecule has 0 saturated carbocycles. The van der Waals surface area contributed by atoms with Crippen LogP contribution < -0.4 is 5.32 Å². The number of anilines is 1. The van der Waals surface area contributed by atoms with Gasteiger partial charge < -0.3 is 14.8 Å². The predicted octanol–water partition coefficient (Wildman–Crippen LogP) is 5.32. The largest absolute Gasteiger partial charge is 0.382 e. The van der Waals surface area contributed by atoms with Gasteiger partial charge in [-0.2, -0.15) is 0 Å². The molecule has 1 fully saturated rings. The fourth-order valence-corrected chi connectivity index (χ4v) is 3.86. The van der Waals surface area contributed by atoms with Crippen molar-refractivity contribution in [3.8, 4) is 5.69 Å². The van der Waals surface area contributed by atoms with Crippen LogP contribution in [0.2, 0.25) is 5.02 Å². The van der Waals surface area contributed by atoms with Gasteiger partial charge in [0.2, 0.25) is 0 Å². The summed E-state index contributed by atoms with van der Waals surface area (Å²) in [5, 5.41) is 5.37. The third-order valence-electron chi connectivity index (χ3n) is 5.06. The lowest BCUT2D eigenvalue weighted by Gasteiger charge is -2.26. The second-order valence-corrected chi connectivity index (χ2v) is 7.32. The number of piperidine rings is 1. The predicted molar refractivity (Wildman–Crippen MR) is 107 cm³/mol. The lowest BCUT2D eigenvalue weighted by molar-refractivity contribution is 0.237. The molecule has 0 radical (unpaired) electrons. The SMILES string of the molecule is Fc1ccc(-n2cc(NCCN3CCCCC3)c3cc(Cl)ccc32)cc1. The minimum absolute atomic E-state index is 0.229. The van der Waals surface area contributed by atoms with Gasteiger partial charge in [-0.25, -0.2) is 4.39 Å². The van der Waals surface area contributed by atoms with Crippen LogP contribution in [0.4, 0.5) is 10.1 Å². The molecular weight excluding hydrogens is 349 g/mol. The van der Waals surface area contributed by atoms with E-state index in [-0.39, 0.29) is 5.82 Å². The summed E-state index contributed by atoms with van der Waals surface area (Å²) in [4.78, 5) is 2.52. The molecule has 0 atom stereocenters. The lowest BCUT2D eigenvalue weighted by Crippen LogP contribution is -2.33. The number of aromatic nitrogens is 1. The van der Waals surface area contributed by atoms with Crippen LogP contribution in [-0.2, 0) is 0 Å². The molecule has 0 spiro atoms. The molecule has 5 heteroatoms. The topological polar surface area (TPSA) is 20.2 Å². The van der Waals surface area contributed by atoms with Gasteiger partial charge >= 0.3 is 0 Å². The van der Waals surface area contributed by atoms with E-state index in [2.05, 4.69) is 21.0 Å². The first-order valence-electron chi connectivity index (χ1n) is 9.23. The molecule has 0 aliphatic carbocycles. The number of likely N-dealkylation sites (tertiary alicyclic amines) is 1. The minimum atomic E-state index is -0.229. The molecule has 0 unspecified atom stereocenters. The van der Waals surface area contributed by atoms with E-state index in [1.54, 1.807) is 12.1 Å². The molecule has 0 bridgehead atoms. The summed E-state index contributed by atoms with van der Waals surface area (Å²) < 4.78 is 15.4. The van der Waals surface area contributed by atoms with Crippen LogP contribution in [0.1, 0.15) is 19.3 Å². The van der Waals surface area contributed by atoms with Crippen molar-refractivity contribution < 1.29 is 4.39 Å². The summed E-state index contributed by atoms with van der Waals surface area (Å²) in [6.07, 6.45) is 6.04. The molecule has 3 nitrogen and oxygen atoms in total. The van der Waals surface area contributed by atoms with Crippen molar-refractivity contribution in [1.82, 2.24) is 9.47 Å². The minimum Gasteiger partial charge on any atom is -0.382 e. The molecule has 2 heterocycles. The Labute approximate surface area is 158 Å². The number of fused-ring (bicyclic) bond motifs is 1. The summed E-state index contributed by atoms with van der Waals surface area (Å²) in [6.45, 7) is 4.34. The Morgan fingerprint density at radius 2 is 1.77 bits per heavy atom. The third kappa shape index (κ3) is 3.71. The Morgan fingerprint density at radius 1 is 1.00 bits per heavy atom. The number of hydrogen-bond donors (Lipinski definition) is 1. The Hall–Kier alpha value is -2.04. The molecule has 2 aromatic carbocycles. The number of benzene rings is 2. The maximum Gasteiger partial charge on any atom is 0.123 e. The van der Waals surface area contributed by atoms with E-state index in [0.29, 0.717) is 5.02 Å².